The van der Waals surface area contributed by atoms with Gasteiger partial charge in [0.25, 0.3) is 0 Å². The molecule has 0 aliphatic carbocycles. The maximum Gasteiger partial charge on any atom is 0.326 e. The molecule has 1 rings (SSSR count). The number of nitrogens with zero attached hydrogens (tertiary/aromatic N) is 1. The lowest BCUT2D eigenvalue weighted by Gasteiger charge is -2.18. The number of nitrogens with two attached hydrogens (primary N) is 2. The zero-order valence-electron chi connectivity index (χ0n) is 14.9. The van der Waals surface area contributed by atoms with Gasteiger partial charge in [-0.2, -0.15) is 0 Å². The second kappa shape index (κ2) is 11.3. The molecule has 0 saturated heterocycles. The van der Waals surface area contributed by atoms with Crippen LogP contribution in [-0.4, -0.2) is 69.8 Å². The molecule has 0 aliphatic rings. The van der Waals surface area contributed by atoms with Crippen molar-refractivity contribution in [1.29, 1.82) is 0 Å². The number of amides is 4. The Morgan fingerprint density at radius 2 is 1.82 bits per heavy atom. The Labute approximate surface area is 159 Å². The molecule has 2 atom stereocenters. The highest BCUT2D eigenvalue weighted by Crippen LogP contribution is 2.00. The fourth-order valence-corrected chi connectivity index (χ4v) is 2.16. The Balaban J connectivity index is 2.58. The number of carbonyl (C=O) groups excluding carboxylic acids is 4. The monoisotopic (exact) mass is 397 g/mol. The van der Waals surface area contributed by atoms with Crippen molar-refractivity contribution >= 4 is 29.6 Å². The minimum atomic E-state index is -1.26. The van der Waals surface area contributed by atoms with E-state index in [4.69, 9.17) is 11.5 Å². The van der Waals surface area contributed by atoms with Crippen LogP contribution in [0.15, 0.2) is 12.5 Å². The highest BCUT2D eigenvalue weighted by molar-refractivity contribution is 5.92. The van der Waals surface area contributed by atoms with Crippen LogP contribution in [0.2, 0.25) is 0 Å². The lowest BCUT2D eigenvalue weighted by atomic mass is 10.1. The molecule has 0 spiro atoms. The molecule has 9 N–H and O–H groups in total. The molecule has 0 bridgehead atoms. The zero-order chi connectivity index (χ0) is 21.1. The van der Waals surface area contributed by atoms with Crippen LogP contribution in [0.1, 0.15) is 18.5 Å². The Hall–Kier alpha value is -3.48. The molecule has 1 aromatic rings. The molecular formula is C15H23N7O6. The summed E-state index contributed by atoms with van der Waals surface area (Å²) in [6.45, 7) is -0.897. The normalized spacial score (nSPS) is 12.5. The van der Waals surface area contributed by atoms with Gasteiger partial charge in [-0.15, -0.1) is 0 Å². The lowest BCUT2D eigenvalue weighted by molar-refractivity contribution is -0.141. The summed E-state index contributed by atoms with van der Waals surface area (Å²) >= 11 is 0. The molecule has 13 nitrogen and oxygen atoms in total. The summed E-state index contributed by atoms with van der Waals surface area (Å²) in [5.74, 6) is -4.04. The summed E-state index contributed by atoms with van der Waals surface area (Å²) in [6, 6.07) is -2.34. The van der Waals surface area contributed by atoms with Crippen LogP contribution in [0.25, 0.3) is 0 Å². The summed E-state index contributed by atoms with van der Waals surface area (Å²) in [5, 5.41) is 16.0. The van der Waals surface area contributed by atoms with Gasteiger partial charge in [0.15, 0.2) is 0 Å². The van der Waals surface area contributed by atoms with E-state index in [9.17, 15) is 29.1 Å². The van der Waals surface area contributed by atoms with Gasteiger partial charge in [-0.1, -0.05) is 0 Å². The summed E-state index contributed by atoms with van der Waals surface area (Å²) in [4.78, 5) is 64.2. The van der Waals surface area contributed by atoms with E-state index < -0.39 is 48.2 Å². The van der Waals surface area contributed by atoms with Crippen molar-refractivity contribution in [1.82, 2.24) is 25.9 Å². The highest BCUT2D eigenvalue weighted by Gasteiger charge is 2.24. The van der Waals surface area contributed by atoms with E-state index in [1.807, 2.05) is 0 Å². The SMILES string of the molecule is NCC(=O)NC(CCC(N)=O)C(=O)NCC(=O)NC(Cc1cnc[nH]1)C(=O)O. The average Bonchev–Trinajstić information content (AvgIpc) is 3.15. The fraction of sp³-hybridized carbons (Fsp3) is 0.467. The van der Waals surface area contributed by atoms with Gasteiger partial charge < -0.3 is 37.5 Å². The predicted octanol–water partition coefficient (Wildman–Crippen LogP) is -3.65. The van der Waals surface area contributed by atoms with E-state index in [0.29, 0.717) is 5.69 Å². The van der Waals surface area contributed by atoms with E-state index in [1.54, 1.807) is 0 Å². The Bertz CT molecular complexity index is 706. The fourth-order valence-electron chi connectivity index (χ4n) is 2.16. The average molecular weight is 397 g/mol. The molecule has 28 heavy (non-hydrogen) atoms. The number of rotatable bonds is 12. The number of primary amides is 1. The van der Waals surface area contributed by atoms with Crippen molar-refractivity contribution < 1.29 is 29.1 Å². The number of hydrogen-bond donors (Lipinski definition) is 7. The minimum Gasteiger partial charge on any atom is -0.480 e. The summed E-state index contributed by atoms with van der Waals surface area (Å²) in [5.41, 5.74) is 10.7. The molecular weight excluding hydrogens is 374 g/mol. The molecule has 13 heteroatoms. The zero-order valence-corrected chi connectivity index (χ0v) is 14.9. The van der Waals surface area contributed by atoms with E-state index in [-0.39, 0.29) is 25.8 Å². The Morgan fingerprint density at radius 3 is 2.36 bits per heavy atom. The van der Waals surface area contributed by atoms with Crippen molar-refractivity contribution in [2.45, 2.75) is 31.3 Å². The lowest BCUT2D eigenvalue weighted by Crippen LogP contribution is -2.52. The molecule has 0 radical (unpaired) electrons. The first-order valence-electron chi connectivity index (χ1n) is 8.27. The highest BCUT2D eigenvalue weighted by atomic mass is 16.4. The summed E-state index contributed by atoms with van der Waals surface area (Å²) in [7, 11) is 0. The first-order chi connectivity index (χ1) is 13.2. The molecule has 1 heterocycles. The maximum absolute atomic E-state index is 12.2. The van der Waals surface area contributed by atoms with Gasteiger partial charge in [-0.25, -0.2) is 9.78 Å². The topological polar surface area (TPSA) is 222 Å². The number of carboxylic acids is 1. The van der Waals surface area contributed by atoms with Gasteiger partial charge in [0, 0.05) is 24.7 Å². The Morgan fingerprint density at radius 1 is 1.14 bits per heavy atom. The van der Waals surface area contributed by atoms with Gasteiger partial charge in [0.2, 0.25) is 23.6 Å². The molecule has 0 aliphatic heterocycles. The van der Waals surface area contributed by atoms with Crippen LogP contribution in [0, 0.1) is 0 Å². The number of hydrogen-bond acceptors (Lipinski definition) is 7. The van der Waals surface area contributed by atoms with Crippen LogP contribution < -0.4 is 27.4 Å². The molecule has 154 valence electrons. The number of carboxylic acid groups (broad SMARTS) is 1. The Kier molecular flexibility index (Phi) is 9.09. The third kappa shape index (κ3) is 8.27. The largest absolute Gasteiger partial charge is 0.480 e. The van der Waals surface area contributed by atoms with Gasteiger partial charge in [-0.05, 0) is 6.42 Å². The van der Waals surface area contributed by atoms with Gasteiger partial charge in [0.05, 0.1) is 19.4 Å². The second-order valence-electron chi connectivity index (χ2n) is 5.79. The van der Waals surface area contributed by atoms with Crippen molar-refractivity contribution in [3.8, 4) is 0 Å². The third-order valence-electron chi connectivity index (χ3n) is 3.55. The smallest absolute Gasteiger partial charge is 0.326 e. The van der Waals surface area contributed by atoms with Crippen molar-refractivity contribution in [2.75, 3.05) is 13.1 Å². The molecule has 0 saturated carbocycles. The number of nitrogens with one attached hydrogen (secondary N) is 4. The minimum absolute atomic E-state index is 0.0250. The third-order valence-corrected chi connectivity index (χ3v) is 3.55. The van der Waals surface area contributed by atoms with Gasteiger partial charge >= 0.3 is 5.97 Å². The molecule has 0 fully saturated rings. The van der Waals surface area contributed by atoms with E-state index in [1.165, 1.54) is 12.5 Å². The van der Waals surface area contributed by atoms with Crippen molar-refractivity contribution in [3.05, 3.63) is 18.2 Å². The van der Waals surface area contributed by atoms with Crippen LogP contribution in [0.3, 0.4) is 0 Å². The van der Waals surface area contributed by atoms with E-state index in [2.05, 4.69) is 25.9 Å². The van der Waals surface area contributed by atoms with Crippen LogP contribution >= 0.6 is 0 Å². The van der Waals surface area contributed by atoms with Crippen molar-refractivity contribution in [2.24, 2.45) is 11.5 Å². The predicted molar refractivity (Wildman–Crippen MR) is 94.3 cm³/mol. The molecule has 4 amide bonds. The number of aromatic amines is 1. The standard InChI is InChI=1S/C15H23N7O6/c16-4-12(24)21-9(1-2-11(17)23)14(26)19-6-13(25)22-10(15(27)28)3-8-5-18-7-20-8/h5,7,9-10H,1-4,6,16H2,(H2,17,23)(H,18,20)(H,19,26)(H,21,24)(H,22,25)(H,27,28). The first-order valence-corrected chi connectivity index (χ1v) is 8.27. The molecule has 0 aromatic carbocycles. The second-order valence-corrected chi connectivity index (χ2v) is 5.79. The molecule has 1 aromatic heterocycles. The van der Waals surface area contributed by atoms with Crippen molar-refractivity contribution in [3.63, 3.8) is 0 Å². The van der Waals surface area contributed by atoms with Gasteiger partial charge in [0.1, 0.15) is 12.1 Å². The molecule has 2 unspecified atom stereocenters. The summed E-state index contributed by atoms with van der Waals surface area (Å²) < 4.78 is 0. The van der Waals surface area contributed by atoms with Crippen LogP contribution in [0.4, 0.5) is 0 Å². The summed E-state index contributed by atoms with van der Waals surface area (Å²) in [6.07, 6.45) is 2.53. The number of H-pyrrole nitrogens is 1. The maximum atomic E-state index is 12.2. The number of imidazole rings is 1. The van der Waals surface area contributed by atoms with Crippen LogP contribution in [0.5, 0.6) is 0 Å². The van der Waals surface area contributed by atoms with Crippen LogP contribution in [-0.2, 0) is 30.4 Å². The number of aromatic nitrogens is 2. The van der Waals surface area contributed by atoms with Gasteiger partial charge in [-0.3, -0.25) is 19.2 Å². The van der Waals surface area contributed by atoms with E-state index >= 15 is 0 Å². The first kappa shape index (κ1) is 22.6. The van der Waals surface area contributed by atoms with E-state index in [0.717, 1.165) is 0 Å². The number of aliphatic carboxylic acids is 1. The number of carbonyl (C=O) groups is 5. The quantitative estimate of drug-likeness (QED) is 0.186.